The number of carbonyl (C=O) groups excluding carboxylic acids is 1. The average molecular weight is 283 g/mol. The lowest BCUT2D eigenvalue weighted by molar-refractivity contribution is -0.121. The monoisotopic (exact) mass is 283 g/mol. The van der Waals surface area contributed by atoms with E-state index in [2.05, 4.69) is 5.32 Å². The minimum atomic E-state index is -3.72. The van der Waals surface area contributed by atoms with Crippen LogP contribution < -0.4 is 16.2 Å². The third kappa shape index (κ3) is 3.12. The van der Waals surface area contributed by atoms with Gasteiger partial charge in [0.1, 0.15) is 0 Å². The normalized spacial score (nSPS) is 18.7. The number of amides is 1. The van der Waals surface area contributed by atoms with Gasteiger partial charge in [-0.3, -0.25) is 4.79 Å². The molecule has 1 aromatic carbocycles. The second-order valence-corrected chi connectivity index (χ2v) is 6.64. The summed E-state index contributed by atoms with van der Waals surface area (Å²) < 4.78 is 22.2. The van der Waals surface area contributed by atoms with E-state index in [0.29, 0.717) is 5.69 Å². The van der Waals surface area contributed by atoms with Gasteiger partial charge >= 0.3 is 0 Å². The Morgan fingerprint density at radius 2 is 1.84 bits per heavy atom. The lowest BCUT2D eigenvalue weighted by Gasteiger charge is -2.23. The van der Waals surface area contributed by atoms with E-state index in [4.69, 9.17) is 10.9 Å². The zero-order valence-corrected chi connectivity index (χ0v) is 11.4. The van der Waals surface area contributed by atoms with Crippen LogP contribution in [-0.2, 0) is 14.8 Å². The molecule has 1 aliphatic carbocycles. The first kappa shape index (κ1) is 14.0. The van der Waals surface area contributed by atoms with Crippen LogP contribution in [0.2, 0.25) is 0 Å². The number of sulfonamides is 1. The number of rotatable bonds is 4. The Morgan fingerprint density at radius 1 is 1.32 bits per heavy atom. The largest absolute Gasteiger partial charge is 0.324 e. The first-order valence-electron chi connectivity index (χ1n) is 5.94. The van der Waals surface area contributed by atoms with Crippen LogP contribution in [0.5, 0.6) is 0 Å². The zero-order chi connectivity index (χ0) is 14.3. The molecule has 0 aromatic heterocycles. The minimum absolute atomic E-state index is 0.00296. The molecule has 0 bridgehead atoms. The molecule has 0 radical (unpaired) electrons. The second kappa shape index (κ2) is 4.59. The Morgan fingerprint density at radius 3 is 2.26 bits per heavy atom. The molecule has 1 amide bonds. The fourth-order valence-corrected chi connectivity index (χ4v) is 2.38. The smallest absolute Gasteiger partial charge is 0.244 e. The Kier molecular flexibility index (Phi) is 3.38. The van der Waals surface area contributed by atoms with Crippen LogP contribution in [0.3, 0.4) is 0 Å². The van der Waals surface area contributed by atoms with E-state index in [1.54, 1.807) is 6.92 Å². The molecule has 1 unspecified atom stereocenters. The molecule has 0 saturated heterocycles. The van der Waals surface area contributed by atoms with Gasteiger partial charge in [-0.2, -0.15) is 0 Å². The molecule has 6 nitrogen and oxygen atoms in total. The summed E-state index contributed by atoms with van der Waals surface area (Å²) >= 11 is 0. The molecule has 5 N–H and O–H groups in total. The van der Waals surface area contributed by atoms with Crippen molar-refractivity contribution in [3.05, 3.63) is 24.3 Å². The number of benzene rings is 1. The molecule has 0 heterocycles. The number of nitrogens with two attached hydrogens (primary N) is 2. The van der Waals surface area contributed by atoms with E-state index in [1.807, 2.05) is 0 Å². The van der Waals surface area contributed by atoms with Crippen LogP contribution in [0.15, 0.2) is 29.2 Å². The molecule has 0 aliphatic heterocycles. The zero-order valence-electron chi connectivity index (χ0n) is 10.6. The molecular formula is C12H17N3O3S. The third-order valence-corrected chi connectivity index (χ3v) is 4.28. The van der Waals surface area contributed by atoms with Crippen molar-refractivity contribution in [2.45, 2.75) is 30.2 Å². The number of hydrogen-bond donors (Lipinski definition) is 3. The maximum absolute atomic E-state index is 12.0. The van der Waals surface area contributed by atoms with Gasteiger partial charge in [0.2, 0.25) is 15.9 Å². The van der Waals surface area contributed by atoms with Gasteiger partial charge in [0.25, 0.3) is 0 Å². The summed E-state index contributed by atoms with van der Waals surface area (Å²) in [6, 6.07) is 5.66. The number of nitrogens with one attached hydrogen (secondary N) is 1. The lowest BCUT2D eigenvalue weighted by atomic mass is 9.96. The van der Waals surface area contributed by atoms with Gasteiger partial charge < -0.3 is 11.1 Å². The number of primary sulfonamides is 1. The summed E-state index contributed by atoms with van der Waals surface area (Å²) in [4.78, 5) is 12.0. The van der Waals surface area contributed by atoms with Crippen molar-refractivity contribution in [3.8, 4) is 0 Å². The molecule has 1 aromatic rings. The molecule has 19 heavy (non-hydrogen) atoms. The van der Waals surface area contributed by atoms with Gasteiger partial charge in [-0.25, -0.2) is 13.6 Å². The highest BCUT2D eigenvalue weighted by Crippen LogP contribution is 2.38. The van der Waals surface area contributed by atoms with Crippen molar-refractivity contribution in [3.63, 3.8) is 0 Å². The fourth-order valence-electron chi connectivity index (χ4n) is 1.86. The van der Waals surface area contributed by atoms with Gasteiger partial charge in [-0.05, 0) is 49.9 Å². The van der Waals surface area contributed by atoms with Gasteiger partial charge in [0, 0.05) is 5.69 Å². The summed E-state index contributed by atoms with van der Waals surface area (Å²) in [5.74, 6) is -0.0467. The van der Waals surface area contributed by atoms with E-state index >= 15 is 0 Å². The van der Waals surface area contributed by atoms with E-state index in [1.165, 1.54) is 24.3 Å². The topological polar surface area (TPSA) is 115 Å². The number of anilines is 1. The van der Waals surface area contributed by atoms with Gasteiger partial charge in [-0.1, -0.05) is 0 Å². The average Bonchev–Trinajstić information content (AvgIpc) is 3.12. The fraction of sp³-hybridized carbons (Fsp3) is 0.417. The van der Waals surface area contributed by atoms with Crippen molar-refractivity contribution in [2.75, 3.05) is 5.32 Å². The van der Waals surface area contributed by atoms with Crippen LogP contribution in [0.1, 0.15) is 19.8 Å². The predicted octanol–water partition coefficient (Wildman–Crippen LogP) is 0.400. The van der Waals surface area contributed by atoms with Gasteiger partial charge in [0.05, 0.1) is 10.4 Å². The number of carbonyl (C=O) groups is 1. The second-order valence-electron chi connectivity index (χ2n) is 5.08. The molecule has 1 fully saturated rings. The highest BCUT2D eigenvalue weighted by atomic mass is 32.2. The summed E-state index contributed by atoms with van der Waals surface area (Å²) in [6.07, 6.45) is 1.93. The molecule has 0 spiro atoms. The molecule has 104 valence electrons. The molecule has 7 heteroatoms. The van der Waals surface area contributed by atoms with E-state index in [9.17, 15) is 13.2 Å². The Bertz CT molecular complexity index is 589. The highest BCUT2D eigenvalue weighted by Gasteiger charge is 2.44. The highest BCUT2D eigenvalue weighted by molar-refractivity contribution is 7.89. The lowest BCUT2D eigenvalue weighted by Crippen LogP contribution is -2.50. The quantitative estimate of drug-likeness (QED) is 0.741. The molecule has 1 saturated carbocycles. The Hall–Kier alpha value is -1.44. The minimum Gasteiger partial charge on any atom is -0.324 e. The predicted molar refractivity (Wildman–Crippen MR) is 71.8 cm³/mol. The van der Waals surface area contributed by atoms with E-state index < -0.39 is 15.6 Å². The number of hydrogen-bond acceptors (Lipinski definition) is 4. The molecular weight excluding hydrogens is 266 g/mol. The van der Waals surface area contributed by atoms with Crippen LogP contribution in [0.25, 0.3) is 0 Å². The summed E-state index contributed by atoms with van der Waals surface area (Å²) in [7, 11) is -3.72. The summed E-state index contributed by atoms with van der Waals surface area (Å²) in [6.45, 7) is 1.71. The standard InChI is InChI=1S/C12H17N3O3S/c1-12(13,8-2-3-8)11(16)15-9-4-6-10(7-5-9)19(14,17)18/h4-8H,2-3,13H2,1H3,(H,15,16)(H2,14,17,18). The van der Waals surface area contributed by atoms with Gasteiger partial charge in [0.15, 0.2) is 0 Å². The Balaban J connectivity index is 2.10. The molecule has 1 atom stereocenters. The van der Waals surface area contributed by atoms with Crippen LogP contribution >= 0.6 is 0 Å². The van der Waals surface area contributed by atoms with Crippen molar-refractivity contribution >= 4 is 21.6 Å². The van der Waals surface area contributed by atoms with Gasteiger partial charge in [-0.15, -0.1) is 0 Å². The summed E-state index contributed by atoms with van der Waals surface area (Å²) in [5.41, 5.74) is 5.59. The Labute approximate surface area is 112 Å². The third-order valence-electron chi connectivity index (χ3n) is 3.36. The van der Waals surface area contributed by atoms with E-state index in [-0.39, 0.29) is 16.7 Å². The van der Waals surface area contributed by atoms with Crippen LogP contribution in [0, 0.1) is 5.92 Å². The molecule has 2 rings (SSSR count). The van der Waals surface area contributed by atoms with Crippen LogP contribution in [-0.4, -0.2) is 19.9 Å². The first-order chi connectivity index (χ1) is 8.71. The van der Waals surface area contributed by atoms with E-state index in [0.717, 1.165) is 12.8 Å². The molecule has 1 aliphatic rings. The maximum Gasteiger partial charge on any atom is 0.244 e. The SMILES string of the molecule is CC(N)(C(=O)Nc1ccc(S(N)(=O)=O)cc1)C1CC1. The van der Waals surface area contributed by atoms with Crippen LogP contribution in [0.4, 0.5) is 5.69 Å². The van der Waals surface area contributed by atoms with Crippen molar-refractivity contribution in [1.82, 2.24) is 0 Å². The van der Waals surface area contributed by atoms with Crippen molar-refractivity contribution in [1.29, 1.82) is 0 Å². The van der Waals surface area contributed by atoms with Crippen molar-refractivity contribution in [2.24, 2.45) is 16.8 Å². The summed E-state index contributed by atoms with van der Waals surface area (Å²) in [5, 5.41) is 7.67. The maximum atomic E-state index is 12.0. The first-order valence-corrected chi connectivity index (χ1v) is 7.49. The van der Waals surface area contributed by atoms with Crippen molar-refractivity contribution < 1.29 is 13.2 Å².